The molecule has 3 rings (SSSR count). The van der Waals surface area contributed by atoms with Crippen LogP contribution in [0.1, 0.15) is 35.8 Å². The lowest BCUT2D eigenvalue weighted by molar-refractivity contribution is -0.131. The SMILES string of the molecule is CCN(CCN(C)C(=O)Cc1csc(NC(=O)c2ccc(OC)c(F)c2)n1)CC(=O)N1CCCC1. The van der Waals surface area contributed by atoms with Crippen molar-refractivity contribution in [3.05, 3.63) is 40.7 Å². The van der Waals surface area contributed by atoms with Gasteiger partial charge in [-0.25, -0.2) is 9.37 Å². The molecule has 9 nitrogen and oxygen atoms in total. The Labute approximate surface area is 208 Å². The van der Waals surface area contributed by atoms with Gasteiger partial charge in [-0.05, 0) is 37.6 Å². The summed E-state index contributed by atoms with van der Waals surface area (Å²) < 4.78 is 18.7. The quantitative estimate of drug-likeness (QED) is 0.504. The molecule has 0 radical (unpaired) electrons. The number of hydrogen-bond donors (Lipinski definition) is 1. The third kappa shape index (κ3) is 7.46. The Bertz CT molecular complexity index is 1040. The van der Waals surface area contributed by atoms with Gasteiger partial charge in [0.05, 0.1) is 25.8 Å². The van der Waals surface area contributed by atoms with Gasteiger partial charge >= 0.3 is 0 Å². The van der Waals surface area contributed by atoms with E-state index in [-0.39, 0.29) is 29.5 Å². The van der Waals surface area contributed by atoms with E-state index in [2.05, 4.69) is 10.3 Å². The number of halogens is 1. The number of ether oxygens (including phenoxy) is 1. The van der Waals surface area contributed by atoms with Crippen molar-refractivity contribution in [2.45, 2.75) is 26.2 Å². The Morgan fingerprint density at radius 3 is 2.63 bits per heavy atom. The second-order valence-corrected chi connectivity index (χ2v) is 9.25. The zero-order chi connectivity index (χ0) is 25.4. The third-order valence-corrected chi connectivity index (χ3v) is 6.77. The van der Waals surface area contributed by atoms with Crippen molar-refractivity contribution in [2.75, 3.05) is 58.7 Å². The molecule has 1 aromatic heterocycles. The maximum absolute atomic E-state index is 13.9. The van der Waals surface area contributed by atoms with E-state index in [0.717, 1.165) is 38.5 Å². The topological polar surface area (TPSA) is 95.1 Å². The summed E-state index contributed by atoms with van der Waals surface area (Å²) in [5, 5.41) is 4.67. The number of aromatic nitrogens is 1. The fourth-order valence-electron chi connectivity index (χ4n) is 3.74. The highest BCUT2D eigenvalue weighted by atomic mass is 32.1. The Balaban J connectivity index is 1.46. The number of rotatable bonds is 11. The highest BCUT2D eigenvalue weighted by Crippen LogP contribution is 2.20. The second-order valence-electron chi connectivity index (χ2n) is 8.40. The van der Waals surface area contributed by atoms with E-state index < -0.39 is 11.7 Å². The van der Waals surface area contributed by atoms with Gasteiger partial charge in [-0.1, -0.05) is 6.92 Å². The van der Waals surface area contributed by atoms with Crippen LogP contribution in [0.25, 0.3) is 0 Å². The monoisotopic (exact) mass is 505 g/mol. The third-order valence-electron chi connectivity index (χ3n) is 5.96. The highest BCUT2D eigenvalue weighted by Gasteiger charge is 2.21. The first-order chi connectivity index (χ1) is 16.8. The van der Waals surface area contributed by atoms with Crippen molar-refractivity contribution in [3.63, 3.8) is 0 Å². The number of anilines is 1. The maximum atomic E-state index is 13.9. The van der Waals surface area contributed by atoms with Crippen molar-refractivity contribution in [2.24, 2.45) is 0 Å². The molecule has 1 aliphatic rings. The van der Waals surface area contributed by atoms with Crippen LogP contribution in [-0.2, 0) is 16.0 Å². The molecule has 3 amide bonds. The number of thiazole rings is 1. The molecular weight excluding hydrogens is 473 g/mol. The van der Waals surface area contributed by atoms with E-state index >= 15 is 0 Å². The molecule has 0 spiro atoms. The number of hydrogen-bond acceptors (Lipinski definition) is 7. The van der Waals surface area contributed by atoms with Gasteiger partial charge in [0, 0.05) is 44.2 Å². The van der Waals surface area contributed by atoms with Crippen molar-refractivity contribution in [1.29, 1.82) is 0 Å². The number of carbonyl (C=O) groups excluding carboxylic acids is 3. The van der Waals surface area contributed by atoms with Crippen molar-refractivity contribution < 1.29 is 23.5 Å². The smallest absolute Gasteiger partial charge is 0.257 e. The minimum atomic E-state index is -0.629. The Morgan fingerprint density at radius 2 is 1.97 bits per heavy atom. The Hall–Kier alpha value is -3.05. The number of carbonyl (C=O) groups is 3. The number of amides is 3. The first-order valence-corrected chi connectivity index (χ1v) is 12.5. The molecule has 0 saturated carbocycles. The lowest BCUT2D eigenvalue weighted by Crippen LogP contribution is -2.42. The molecule has 1 saturated heterocycles. The molecule has 190 valence electrons. The molecule has 1 N–H and O–H groups in total. The molecule has 2 heterocycles. The van der Waals surface area contributed by atoms with Gasteiger partial charge in [-0.2, -0.15) is 0 Å². The number of nitrogens with zero attached hydrogens (tertiary/aromatic N) is 4. The summed E-state index contributed by atoms with van der Waals surface area (Å²) in [7, 11) is 3.08. The van der Waals surface area contributed by atoms with Gasteiger partial charge in [-0.3, -0.25) is 24.6 Å². The fourth-order valence-corrected chi connectivity index (χ4v) is 4.44. The van der Waals surface area contributed by atoms with Gasteiger partial charge in [0.2, 0.25) is 11.8 Å². The fraction of sp³-hybridized carbons (Fsp3) is 0.500. The van der Waals surface area contributed by atoms with Crippen LogP contribution in [0.3, 0.4) is 0 Å². The normalized spacial score (nSPS) is 13.2. The number of nitrogens with one attached hydrogen (secondary N) is 1. The summed E-state index contributed by atoms with van der Waals surface area (Å²) in [6.45, 7) is 5.88. The molecule has 0 bridgehead atoms. The summed E-state index contributed by atoms with van der Waals surface area (Å²) in [6.07, 6.45) is 2.23. The molecule has 11 heteroatoms. The molecule has 0 unspecified atom stereocenters. The number of likely N-dealkylation sites (tertiary alicyclic amines) is 1. The number of methoxy groups -OCH3 is 1. The van der Waals surface area contributed by atoms with Crippen molar-refractivity contribution in [1.82, 2.24) is 19.7 Å². The molecule has 1 aliphatic heterocycles. The summed E-state index contributed by atoms with van der Waals surface area (Å²) in [4.78, 5) is 47.3. The van der Waals surface area contributed by atoms with Crippen LogP contribution in [0.2, 0.25) is 0 Å². The van der Waals surface area contributed by atoms with Gasteiger partial charge in [0.25, 0.3) is 5.91 Å². The molecule has 2 aromatic rings. The van der Waals surface area contributed by atoms with Crippen LogP contribution in [0.15, 0.2) is 23.6 Å². The van der Waals surface area contributed by atoms with E-state index in [0.29, 0.717) is 30.5 Å². The predicted octanol–water partition coefficient (Wildman–Crippen LogP) is 2.49. The standard InChI is InChI=1S/C24H32FN5O4S/c1-4-29(15-22(32)30-9-5-6-10-30)12-11-28(2)21(31)14-18-16-35-24(26-18)27-23(33)17-7-8-20(34-3)19(25)13-17/h7-8,13,16H,4-6,9-12,14-15H2,1-3H3,(H,26,27,33). The van der Waals surface area contributed by atoms with Crippen LogP contribution in [-0.4, -0.2) is 90.8 Å². The number of likely N-dealkylation sites (N-methyl/N-ethyl adjacent to an activating group) is 2. The zero-order valence-corrected chi connectivity index (χ0v) is 21.2. The van der Waals surface area contributed by atoms with E-state index in [1.165, 1.54) is 30.6 Å². The average Bonchev–Trinajstić information content (AvgIpc) is 3.54. The summed E-state index contributed by atoms with van der Waals surface area (Å²) >= 11 is 1.20. The van der Waals surface area contributed by atoms with Crippen LogP contribution < -0.4 is 10.1 Å². The summed E-state index contributed by atoms with van der Waals surface area (Å²) in [5.74, 6) is -1.03. The van der Waals surface area contributed by atoms with Gasteiger partial charge in [0.15, 0.2) is 16.7 Å². The largest absolute Gasteiger partial charge is 0.494 e. The number of benzene rings is 1. The molecule has 1 fully saturated rings. The first kappa shape index (κ1) is 26.6. The second kappa shape index (κ2) is 12.6. The highest BCUT2D eigenvalue weighted by molar-refractivity contribution is 7.14. The maximum Gasteiger partial charge on any atom is 0.257 e. The molecule has 35 heavy (non-hydrogen) atoms. The van der Waals surface area contributed by atoms with Crippen LogP contribution in [0, 0.1) is 5.82 Å². The summed E-state index contributed by atoms with van der Waals surface area (Å²) in [5.41, 5.74) is 0.680. The van der Waals surface area contributed by atoms with Crippen LogP contribution >= 0.6 is 11.3 Å². The van der Waals surface area contributed by atoms with E-state index in [1.54, 1.807) is 17.3 Å². The van der Waals surface area contributed by atoms with Gasteiger partial charge in [0.1, 0.15) is 0 Å². The van der Waals surface area contributed by atoms with E-state index in [9.17, 15) is 18.8 Å². The zero-order valence-electron chi connectivity index (χ0n) is 20.4. The van der Waals surface area contributed by atoms with E-state index in [4.69, 9.17) is 4.74 Å². The minimum Gasteiger partial charge on any atom is -0.494 e. The van der Waals surface area contributed by atoms with Gasteiger partial charge in [-0.15, -0.1) is 11.3 Å². The molecule has 0 atom stereocenters. The van der Waals surface area contributed by atoms with Gasteiger partial charge < -0.3 is 14.5 Å². The minimum absolute atomic E-state index is 0.0564. The Morgan fingerprint density at radius 1 is 1.23 bits per heavy atom. The molecule has 0 aliphatic carbocycles. The predicted molar refractivity (Wildman–Crippen MR) is 132 cm³/mol. The lowest BCUT2D eigenvalue weighted by Gasteiger charge is -2.26. The van der Waals surface area contributed by atoms with Crippen molar-refractivity contribution >= 4 is 34.2 Å². The average molecular weight is 506 g/mol. The molecular formula is C24H32FN5O4S. The van der Waals surface area contributed by atoms with Crippen LogP contribution in [0.5, 0.6) is 5.75 Å². The molecule has 1 aromatic carbocycles. The van der Waals surface area contributed by atoms with Crippen LogP contribution in [0.4, 0.5) is 9.52 Å². The van der Waals surface area contributed by atoms with E-state index in [1.807, 2.05) is 16.7 Å². The first-order valence-electron chi connectivity index (χ1n) is 11.6. The Kier molecular flexibility index (Phi) is 9.55. The van der Waals surface area contributed by atoms with Crippen molar-refractivity contribution in [3.8, 4) is 5.75 Å². The summed E-state index contributed by atoms with van der Waals surface area (Å²) in [6, 6.07) is 3.94. The lowest BCUT2D eigenvalue weighted by atomic mass is 10.2.